The van der Waals surface area contributed by atoms with Gasteiger partial charge in [-0.1, -0.05) is 12.0 Å². The van der Waals surface area contributed by atoms with Crippen molar-refractivity contribution in [3.05, 3.63) is 59.3 Å². The number of aromatic nitrogens is 1. The number of hydrogen-bond donors (Lipinski definition) is 1. The van der Waals surface area contributed by atoms with E-state index in [2.05, 4.69) is 10.9 Å². The molecular weight excluding hydrogens is 392 g/mol. The lowest BCUT2D eigenvalue weighted by molar-refractivity contribution is -0.139. The van der Waals surface area contributed by atoms with Gasteiger partial charge in [0.25, 0.3) is 0 Å². The molecule has 0 saturated carbocycles. The largest absolute Gasteiger partial charge is 0.497 e. The lowest BCUT2D eigenvalue weighted by atomic mass is 10.1. The van der Waals surface area contributed by atoms with Crippen LogP contribution in [-0.2, 0) is 16.0 Å². The number of carbonyl (C=O) groups excluding carboxylic acids is 1. The third-order valence-corrected chi connectivity index (χ3v) is 5.58. The number of aryl methyl sites for hydroxylation is 1. The maximum atomic E-state index is 13.1. The molecule has 1 aliphatic rings. The van der Waals surface area contributed by atoms with E-state index in [1.807, 2.05) is 54.3 Å². The third kappa shape index (κ3) is 4.68. The zero-order valence-corrected chi connectivity index (χ0v) is 17.8. The molecule has 2 aromatic carbocycles. The number of hydrogen-bond acceptors (Lipinski definition) is 4. The summed E-state index contributed by atoms with van der Waals surface area (Å²) in [5, 5.41) is 1.02. The van der Waals surface area contributed by atoms with Crippen LogP contribution < -0.4 is 9.47 Å². The second-order valence-corrected chi connectivity index (χ2v) is 7.63. The van der Waals surface area contributed by atoms with Gasteiger partial charge in [0.15, 0.2) is 0 Å². The van der Waals surface area contributed by atoms with Crippen molar-refractivity contribution in [3.8, 4) is 23.8 Å². The molecule has 1 unspecified atom stereocenters. The average Bonchev–Trinajstić information content (AvgIpc) is 3.12. The SMILES string of the molecule is C#Cc1cccc(OCC2CN(C(=O)Cc3c(C)[nH]c4ccc(OC)cc34)CCO2)c1. The van der Waals surface area contributed by atoms with Crippen LogP contribution in [0.3, 0.4) is 0 Å². The molecule has 1 atom stereocenters. The first-order chi connectivity index (χ1) is 15.1. The Morgan fingerprint density at radius 1 is 1.29 bits per heavy atom. The second kappa shape index (κ2) is 9.15. The zero-order valence-electron chi connectivity index (χ0n) is 17.8. The summed E-state index contributed by atoms with van der Waals surface area (Å²) in [7, 11) is 1.64. The number of ether oxygens (including phenoxy) is 3. The summed E-state index contributed by atoms with van der Waals surface area (Å²) in [6.45, 7) is 3.92. The fourth-order valence-corrected chi connectivity index (χ4v) is 3.89. The van der Waals surface area contributed by atoms with E-state index in [1.54, 1.807) is 7.11 Å². The summed E-state index contributed by atoms with van der Waals surface area (Å²) in [6.07, 6.45) is 5.59. The molecule has 31 heavy (non-hydrogen) atoms. The molecule has 1 amide bonds. The number of terminal acetylenes is 1. The van der Waals surface area contributed by atoms with Crippen molar-refractivity contribution in [3.63, 3.8) is 0 Å². The molecule has 1 fully saturated rings. The smallest absolute Gasteiger partial charge is 0.227 e. The molecule has 1 aromatic heterocycles. The van der Waals surface area contributed by atoms with Crippen LogP contribution in [0.4, 0.5) is 0 Å². The summed E-state index contributed by atoms with van der Waals surface area (Å²) < 4.78 is 17.0. The first kappa shape index (κ1) is 20.8. The van der Waals surface area contributed by atoms with Crippen LogP contribution in [0.1, 0.15) is 16.8 Å². The number of carbonyl (C=O) groups is 1. The highest BCUT2D eigenvalue weighted by Gasteiger charge is 2.26. The van der Waals surface area contributed by atoms with Gasteiger partial charge in [-0.25, -0.2) is 0 Å². The lowest BCUT2D eigenvalue weighted by Crippen LogP contribution is -2.48. The highest BCUT2D eigenvalue weighted by Crippen LogP contribution is 2.27. The van der Waals surface area contributed by atoms with Gasteiger partial charge in [-0.3, -0.25) is 4.79 Å². The summed E-state index contributed by atoms with van der Waals surface area (Å²) in [6, 6.07) is 13.3. The summed E-state index contributed by atoms with van der Waals surface area (Å²) in [4.78, 5) is 18.3. The van der Waals surface area contributed by atoms with Gasteiger partial charge >= 0.3 is 0 Å². The predicted molar refractivity (Wildman–Crippen MR) is 119 cm³/mol. The normalized spacial score (nSPS) is 16.2. The summed E-state index contributed by atoms with van der Waals surface area (Å²) in [5.74, 6) is 4.15. The Kier molecular flexibility index (Phi) is 6.15. The number of H-pyrrole nitrogens is 1. The van der Waals surface area contributed by atoms with Crippen LogP contribution in [0.15, 0.2) is 42.5 Å². The molecule has 0 aliphatic carbocycles. The fraction of sp³-hybridized carbons (Fsp3) is 0.320. The van der Waals surface area contributed by atoms with Crippen molar-refractivity contribution in [1.29, 1.82) is 0 Å². The van der Waals surface area contributed by atoms with Crippen LogP contribution in [0.25, 0.3) is 10.9 Å². The summed E-state index contributed by atoms with van der Waals surface area (Å²) >= 11 is 0. The van der Waals surface area contributed by atoms with E-state index in [1.165, 1.54) is 0 Å². The van der Waals surface area contributed by atoms with Crippen molar-refractivity contribution in [2.75, 3.05) is 33.4 Å². The van der Waals surface area contributed by atoms with E-state index < -0.39 is 0 Å². The molecule has 1 aliphatic heterocycles. The van der Waals surface area contributed by atoms with Crippen LogP contribution in [0, 0.1) is 19.3 Å². The Labute approximate surface area is 182 Å². The van der Waals surface area contributed by atoms with Crippen LogP contribution in [-0.4, -0.2) is 55.3 Å². The molecule has 6 heteroatoms. The Morgan fingerprint density at radius 2 is 2.16 bits per heavy atom. The first-order valence-corrected chi connectivity index (χ1v) is 10.3. The van der Waals surface area contributed by atoms with Gasteiger partial charge in [-0.15, -0.1) is 6.42 Å². The molecule has 0 spiro atoms. The topological polar surface area (TPSA) is 63.8 Å². The number of nitrogens with one attached hydrogen (secondary N) is 1. The Balaban J connectivity index is 1.40. The van der Waals surface area contributed by atoms with Gasteiger partial charge in [0.05, 0.1) is 26.7 Å². The number of benzene rings is 2. The number of rotatable bonds is 6. The molecule has 3 aromatic rings. The van der Waals surface area contributed by atoms with Gasteiger partial charge in [0.2, 0.25) is 5.91 Å². The van der Waals surface area contributed by atoms with Gasteiger partial charge in [0.1, 0.15) is 24.2 Å². The Hall–Kier alpha value is -3.43. The quantitative estimate of drug-likeness (QED) is 0.624. The molecule has 0 radical (unpaired) electrons. The highest BCUT2D eigenvalue weighted by molar-refractivity contribution is 5.91. The number of amides is 1. The first-order valence-electron chi connectivity index (χ1n) is 10.3. The van der Waals surface area contributed by atoms with Gasteiger partial charge in [-0.05, 0) is 48.9 Å². The molecule has 1 saturated heterocycles. The zero-order chi connectivity index (χ0) is 21.8. The van der Waals surface area contributed by atoms with E-state index in [0.717, 1.165) is 33.5 Å². The standard InChI is InChI=1S/C25H26N2O4/c1-4-18-6-5-7-20(12-18)31-16-21-15-27(10-11-30-21)25(28)14-22-17(2)26-24-9-8-19(29-3)13-23(22)24/h1,5-9,12-13,21,26H,10-11,14-16H2,2-3H3. The minimum Gasteiger partial charge on any atom is -0.497 e. The van der Waals surface area contributed by atoms with Crippen LogP contribution in [0.5, 0.6) is 11.5 Å². The molecule has 0 bridgehead atoms. The molecule has 4 rings (SSSR count). The van der Waals surface area contributed by atoms with Gasteiger partial charge in [-0.2, -0.15) is 0 Å². The maximum Gasteiger partial charge on any atom is 0.227 e. The molecular formula is C25H26N2O4. The lowest BCUT2D eigenvalue weighted by Gasteiger charge is -2.33. The van der Waals surface area contributed by atoms with E-state index in [4.69, 9.17) is 20.6 Å². The van der Waals surface area contributed by atoms with Gasteiger partial charge in [0, 0.05) is 28.7 Å². The van der Waals surface area contributed by atoms with Crippen molar-refractivity contribution in [1.82, 2.24) is 9.88 Å². The van der Waals surface area contributed by atoms with E-state index in [0.29, 0.717) is 38.5 Å². The van der Waals surface area contributed by atoms with Crippen molar-refractivity contribution >= 4 is 16.8 Å². The minimum absolute atomic E-state index is 0.0782. The van der Waals surface area contributed by atoms with Crippen molar-refractivity contribution in [2.24, 2.45) is 0 Å². The Bertz CT molecular complexity index is 1130. The monoisotopic (exact) mass is 418 g/mol. The van der Waals surface area contributed by atoms with E-state index in [-0.39, 0.29) is 12.0 Å². The Morgan fingerprint density at radius 3 is 2.97 bits per heavy atom. The number of methoxy groups -OCH3 is 1. The van der Waals surface area contributed by atoms with Gasteiger partial charge < -0.3 is 24.1 Å². The molecule has 2 heterocycles. The van der Waals surface area contributed by atoms with Crippen LogP contribution >= 0.6 is 0 Å². The number of fused-ring (bicyclic) bond motifs is 1. The molecule has 6 nitrogen and oxygen atoms in total. The predicted octanol–water partition coefficient (Wildman–Crippen LogP) is 3.32. The molecule has 1 N–H and O–H groups in total. The number of morpholine rings is 1. The van der Waals surface area contributed by atoms with Crippen molar-refractivity contribution < 1.29 is 19.0 Å². The number of aromatic amines is 1. The van der Waals surface area contributed by atoms with Crippen molar-refractivity contribution in [2.45, 2.75) is 19.4 Å². The maximum absolute atomic E-state index is 13.1. The number of nitrogens with zero attached hydrogens (tertiary/aromatic N) is 1. The minimum atomic E-state index is -0.184. The van der Waals surface area contributed by atoms with E-state index in [9.17, 15) is 4.79 Å². The molecule has 160 valence electrons. The van der Waals surface area contributed by atoms with Crippen LogP contribution in [0.2, 0.25) is 0 Å². The highest BCUT2D eigenvalue weighted by atomic mass is 16.5. The fourth-order valence-electron chi connectivity index (χ4n) is 3.89. The van der Waals surface area contributed by atoms with E-state index >= 15 is 0 Å². The second-order valence-electron chi connectivity index (χ2n) is 7.63. The summed E-state index contributed by atoms with van der Waals surface area (Å²) in [5.41, 5.74) is 3.77. The third-order valence-electron chi connectivity index (χ3n) is 5.58. The average molecular weight is 418 g/mol.